The summed E-state index contributed by atoms with van der Waals surface area (Å²) in [5, 5.41) is 10.6. The topological polar surface area (TPSA) is 85.8 Å². The number of benzene rings is 1. The van der Waals surface area contributed by atoms with Crippen molar-refractivity contribution in [3.63, 3.8) is 0 Å². The molecule has 0 saturated carbocycles. The summed E-state index contributed by atoms with van der Waals surface area (Å²) in [6.45, 7) is 1.73. The Kier molecular flexibility index (Phi) is 3.23. The summed E-state index contributed by atoms with van der Waals surface area (Å²) in [5.41, 5.74) is 1.91. The molecular weight excluding hydrogens is 270 g/mol. The molecule has 3 aromatic rings. The minimum absolute atomic E-state index is 0.226. The third-order valence-electron chi connectivity index (χ3n) is 2.96. The Bertz CT molecular complexity index is 790. The second-order valence-electron chi connectivity index (χ2n) is 4.51. The Hall–Kier alpha value is -2.96. The van der Waals surface area contributed by atoms with Crippen LogP contribution in [0.3, 0.4) is 0 Å². The molecule has 0 atom stereocenters. The van der Waals surface area contributed by atoms with Crippen molar-refractivity contribution in [3.05, 3.63) is 48.1 Å². The van der Waals surface area contributed by atoms with Crippen molar-refractivity contribution in [2.24, 2.45) is 7.05 Å². The summed E-state index contributed by atoms with van der Waals surface area (Å²) >= 11 is 0. The van der Waals surface area contributed by atoms with Crippen LogP contribution in [-0.4, -0.2) is 25.8 Å². The van der Waals surface area contributed by atoms with Crippen molar-refractivity contribution in [1.82, 2.24) is 19.9 Å². The van der Waals surface area contributed by atoms with Crippen LogP contribution in [0.4, 0.5) is 5.69 Å². The third-order valence-corrected chi connectivity index (χ3v) is 2.96. The van der Waals surface area contributed by atoms with Gasteiger partial charge < -0.3 is 9.84 Å². The number of aryl methyl sites for hydroxylation is 2. The predicted molar refractivity (Wildman–Crippen MR) is 75.6 cm³/mol. The maximum atomic E-state index is 12.1. The zero-order valence-electron chi connectivity index (χ0n) is 11.6. The summed E-state index contributed by atoms with van der Waals surface area (Å²) in [4.78, 5) is 16.3. The fourth-order valence-electron chi connectivity index (χ4n) is 1.94. The van der Waals surface area contributed by atoms with E-state index in [2.05, 4.69) is 20.6 Å². The predicted octanol–water partition coefficient (Wildman–Crippen LogP) is 2.03. The molecule has 3 rings (SSSR count). The lowest BCUT2D eigenvalue weighted by molar-refractivity contribution is 0.101. The van der Waals surface area contributed by atoms with E-state index in [1.165, 1.54) is 4.68 Å². The van der Waals surface area contributed by atoms with Gasteiger partial charge in [-0.25, -0.2) is 0 Å². The maximum absolute atomic E-state index is 12.1. The Morgan fingerprint density at radius 3 is 2.86 bits per heavy atom. The van der Waals surface area contributed by atoms with Crippen molar-refractivity contribution in [2.75, 3.05) is 5.32 Å². The minimum atomic E-state index is -0.226. The molecule has 1 N–H and O–H groups in total. The number of carbonyl (C=O) groups is 1. The van der Waals surface area contributed by atoms with Crippen LogP contribution in [0.25, 0.3) is 11.4 Å². The molecule has 0 saturated heterocycles. The van der Waals surface area contributed by atoms with Crippen LogP contribution < -0.4 is 5.32 Å². The first kappa shape index (κ1) is 13.0. The van der Waals surface area contributed by atoms with E-state index in [1.807, 2.05) is 12.1 Å². The average molecular weight is 283 g/mol. The van der Waals surface area contributed by atoms with Crippen LogP contribution in [-0.2, 0) is 7.05 Å². The van der Waals surface area contributed by atoms with E-state index >= 15 is 0 Å². The van der Waals surface area contributed by atoms with Crippen LogP contribution in [0.2, 0.25) is 0 Å². The molecule has 106 valence electrons. The van der Waals surface area contributed by atoms with Gasteiger partial charge in [-0.15, -0.1) is 0 Å². The zero-order chi connectivity index (χ0) is 14.8. The highest BCUT2D eigenvalue weighted by Gasteiger charge is 2.11. The monoisotopic (exact) mass is 283 g/mol. The fraction of sp³-hybridized carbons (Fsp3) is 0.143. The highest BCUT2D eigenvalue weighted by Crippen LogP contribution is 2.20. The number of amides is 1. The summed E-state index contributed by atoms with van der Waals surface area (Å²) in [7, 11) is 1.72. The summed E-state index contributed by atoms with van der Waals surface area (Å²) in [5.74, 6) is 0.759. The number of anilines is 1. The standard InChI is InChI=1S/C14H13N5O2/c1-9-16-13(18-21-9)10-4-3-5-11(8-10)17-14(20)12-6-7-15-19(12)2/h3-8H,1-2H3,(H,17,20). The van der Waals surface area contributed by atoms with Crippen LogP contribution in [0.5, 0.6) is 0 Å². The largest absolute Gasteiger partial charge is 0.339 e. The van der Waals surface area contributed by atoms with Gasteiger partial charge in [-0.2, -0.15) is 10.1 Å². The molecule has 7 nitrogen and oxygen atoms in total. The van der Waals surface area contributed by atoms with Crippen molar-refractivity contribution in [3.8, 4) is 11.4 Å². The molecule has 1 aromatic carbocycles. The third kappa shape index (κ3) is 2.66. The van der Waals surface area contributed by atoms with Crippen LogP contribution >= 0.6 is 0 Å². The molecule has 0 bridgehead atoms. The molecule has 0 unspecified atom stereocenters. The SMILES string of the molecule is Cc1nc(-c2cccc(NC(=O)c3ccnn3C)c2)no1. The van der Waals surface area contributed by atoms with Crippen molar-refractivity contribution in [2.45, 2.75) is 6.92 Å². The smallest absolute Gasteiger partial charge is 0.273 e. The van der Waals surface area contributed by atoms with Crippen LogP contribution in [0.1, 0.15) is 16.4 Å². The number of hydrogen-bond donors (Lipinski definition) is 1. The van der Waals surface area contributed by atoms with Crippen LogP contribution in [0.15, 0.2) is 41.1 Å². The van der Waals surface area contributed by atoms with Gasteiger partial charge in [-0.05, 0) is 18.2 Å². The highest BCUT2D eigenvalue weighted by molar-refractivity contribution is 6.03. The average Bonchev–Trinajstić information content (AvgIpc) is 3.08. The molecule has 2 aromatic heterocycles. The van der Waals surface area contributed by atoms with E-state index in [0.717, 1.165) is 5.56 Å². The second kappa shape index (κ2) is 5.20. The van der Waals surface area contributed by atoms with Crippen molar-refractivity contribution in [1.29, 1.82) is 0 Å². The van der Waals surface area contributed by atoms with Gasteiger partial charge >= 0.3 is 0 Å². The highest BCUT2D eigenvalue weighted by atomic mass is 16.5. The first-order chi connectivity index (χ1) is 10.1. The van der Waals surface area contributed by atoms with E-state index in [1.54, 1.807) is 38.4 Å². The number of hydrogen-bond acceptors (Lipinski definition) is 5. The van der Waals surface area contributed by atoms with Gasteiger partial charge in [0.05, 0.1) is 0 Å². The number of nitrogens with zero attached hydrogens (tertiary/aromatic N) is 4. The first-order valence-corrected chi connectivity index (χ1v) is 6.33. The van der Waals surface area contributed by atoms with Crippen molar-refractivity contribution >= 4 is 11.6 Å². The van der Waals surface area contributed by atoms with Crippen molar-refractivity contribution < 1.29 is 9.32 Å². The molecule has 21 heavy (non-hydrogen) atoms. The second-order valence-corrected chi connectivity index (χ2v) is 4.51. The lowest BCUT2D eigenvalue weighted by Gasteiger charge is -2.06. The van der Waals surface area contributed by atoms with Crippen LogP contribution in [0, 0.1) is 6.92 Å². The van der Waals surface area contributed by atoms with E-state index < -0.39 is 0 Å². The number of rotatable bonds is 3. The zero-order valence-corrected chi connectivity index (χ0v) is 11.6. The molecule has 0 fully saturated rings. The van der Waals surface area contributed by atoms with E-state index in [4.69, 9.17) is 4.52 Å². The molecule has 0 radical (unpaired) electrons. The van der Waals surface area contributed by atoms with E-state index in [9.17, 15) is 4.79 Å². The number of aromatic nitrogens is 4. The molecule has 0 spiro atoms. The molecule has 7 heteroatoms. The molecule has 0 aliphatic heterocycles. The molecule has 0 aliphatic carbocycles. The molecule has 2 heterocycles. The Morgan fingerprint density at radius 1 is 1.33 bits per heavy atom. The van der Waals surface area contributed by atoms with Gasteiger partial charge in [0.1, 0.15) is 5.69 Å². The molecular formula is C14H13N5O2. The summed E-state index contributed by atoms with van der Waals surface area (Å²) < 4.78 is 6.47. The lowest BCUT2D eigenvalue weighted by Crippen LogP contribution is -2.16. The number of carbonyl (C=O) groups excluding carboxylic acids is 1. The van der Waals surface area contributed by atoms with E-state index in [-0.39, 0.29) is 5.91 Å². The first-order valence-electron chi connectivity index (χ1n) is 6.33. The minimum Gasteiger partial charge on any atom is -0.339 e. The summed E-state index contributed by atoms with van der Waals surface area (Å²) in [6, 6.07) is 8.91. The maximum Gasteiger partial charge on any atom is 0.273 e. The number of nitrogens with one attached hydrogen (secondary N) is 1. The Labute approximate surface area is 120 Å². The quantitative estimate of drug-likeness (QED) is 0.794. The van der Waals surface area contributed by atoms with E-state index in [0.29, 0.717) is 23.1 Å². The van der Waals surface area contributed by atoms with Gasteiger partial charge in [-0.3, -0.25) is 9.48 Å². The fourth-order valence-corrected chi connectivity index (χ4v) is 1.94. The lowest BCUT2D eigenvalue weighted by atomic mass is 10.2. The molecule has 1 amide bonds. The Balaban J connectivity index is 1.84. The van der Waals surface area contributed by atoms with Gasteiger partial charge in [-0.1, -0.05) is 17.3 Å². The molecule has 0 aliphatic rings. The summed E-state index contributed by atoms with van der Waals surface area (Å²) in [6.07, 6.45) is 1.58. The van der Waals surface area contributed by atoms with Gasteiger partial charge in [0, 0.05) is 31.4 Å². The van der Waals surface area contributed by atoms with Gasteiger partial charge in [0.15, 0.2) is 0 Å². The normalized spacial score (nSPS) is 10.6. The van der Waals surface area contributed by atoms with Gasteiger partial charge in [0.25, 0.3) is 5.91 Å². The Morgan fingerprint density at radius 2 is 2.19 bits per heavy atom. The van der Waals surface area contributed by atoms with Gasteiger partial charge in [0.2, 0.25) is 11.7 Å².